The molecule has 8 heteroatoms. The molecule has 0 spiro atoms. The largest absolute Gasteiger partial charge is 0.432 e. The number of nitrogens with one attached hydrogen (secondary N) is 1. The monoisotopic (exact) mass is 189 g/mol. The van der Waals surface area contributed by atoms with Crippen LogP contribution in [0.1, 0.15) is 0 Å². The third-order valence-electron chi connectivity index (χ3n) is 0.819. The second kappa shape index (κ2) is 5.69. The summed E-state index contributed by atoms with van der Waals surface area (Å²) in [6, 6.07) is 0. The molecular formula is C5H7N3O5. The van der Waals surface area contributed by atoms with E-state index in [0.29, 0.717) is 0 Å². The van der Waals surface area contributed by atoms with Crippen molar-refractivity contribution in [2.75, 3.05) is 0 Å². The molecule has 0 radical (unpaired) electrons. The van der Waals surface area contributed by atoms with Gasteiger partial charge in [0.25, 0.3) is 5.91 Å². The minimum atomic E-state index is -1.14. The summed E-state index contributed by atoms with van der Waals surface area (Å²) in [7, 11) is 0. The van der Waals surface area contributed by atoms with Crippen LogP contribution in [0.15, 0.2) is 12.2 Å². The van der Waals surface area contributed by atoms with Crippen molar-refractivity contribution in [3.63, 3.8) is 0 Å². The summed E-state index contributed by atoms with van der Waals surface area (Å²) >= 11 is 0. The first-order valence-electron chi connectivity index (χ1n) is 2.90. The quantitative estimate of drug-likeness (QED) is 0.340. The maximum Gasteiger partial charge on any atom is 0.432 e. The maximum absolute atomic E-state index is 10.6. The topological polar surface area (TPSA) is 134 Å². The maximum atomic E-state index is 10.6. The SMILES string of the molecule is NOC(=O)/C=C/C(=O)NC(=O)ON. The molecule has 0 bridgehead atoms. The number of carbonyl (C=O) groups is 3. The van der Waals surface area contributed by atoms with Gasteiger partial charge >= 0.3 is 12.1 Å². The first-order chi connectivity index (χ1) is 6.10. The average Bonchev–Trinajstić information content (AvgIpc) is 2.13. The Labute approximate surface area is 72.4 Å². The first-order valence-corrected chi connectivity index (χ1v) is 2.90. The fraction of sp³-hybridized carbons (Fsp3) is 0. The van der Waals surface area contributed by atoms with E-state index < -0.39 is 18.0 Å². The second-order valence-corrected chi connectivity index (χ2v) is 1.66. The smallest absolute Gasteiger partial charge is 0.370 e. The summed E-state index contributed by atoms with van der Waals surface area (Å²) in [5, 5.41) is 1.65. The van der Waals surface area contributed by atoms with E-state index >= 15 is 0 Å². The molecule has 0 saturated carbocycles. The molecule has 0 unspecified atom stereocenters. The van der Waals surface area contributed by atoms with Gasteiger partial charge in [0.1, 0.15) is 0 Å². The molecule has 0 aliphatic carbocycles. The van der Waals surface area contributed by atoms with E-state index in [1.807, 2.05) is 0 Å². The Morgan fingerprint density at radius 2 is 1.69 bits per heavy atom. The Bertz CT molecular complexity index is 249. The van der Waals surface area contributed by atoms with Crippen LogP contribution < -0.4 is 17.1 Å². The molecule has 0 atom stereocenters. The Morgan fingerprint density at radius 1 is 1.08 bits per heavy atom. The zero-order valence-corrected chi connectivity index (χ0v) is 6.35. The Hall–Kier alpha value is -1.93. The lowest BCUT2D eigenvalue weighted by atomic mass is 10.5. The lowest BCUT2D eigenvalue weighted by molar-refractivity contribution is -0.138. The van der Waals surface area contributed by atoms with Crippen molar-refractivity contribution in [3.8, 4) is 0 Å². The van der Waals surface area contributed by atoms with Crippen LogP contribution in [-0.4, -0.2) is 18.0 Å². The van der Waals surface area contributed by atoms with Gasteiger partial charge in [-0.1, -0.05) is 0 Å². The standard InChI is InChI=1S/C5H7N3O5/c6-12-4(10)2-1-3(9)8-5(11)13-7/h1-2H,6-7H2,(H,8,9,11)/b2-1+. The lowest BCUT2D eigenvalue weighted by Crippen LogP contribution is -2.31. The van der Waals surface area contributed by atoms with Gasteiger partial charge in [-0.2, -0.15) is 11.8 Å². The van der Waals surface area contributed by atoms with Gasteiger partial charge in [-0.05, 0) is 0 Å². The van der Waals surface area contributed by atoms with Crippen LogP contribution in [0.3, 0.4) is 0 Å². The number of imide groups is 1. The van der Waals surface area contributed by atoms with E-state index in [9.17, 15) is 14.4 Å². The molecule has 8 nitrogen and oxygen atoms in total. The predicted molar refractivity (Wildman–Crippen MR) is 38.2 cm³/mol. The molecule has 0 aromatic carbocycles. The number of hydrogen-bond donors (Lipinski definition) is 3. The molecule has 0 aromatic rings. The number of rotatable bonds is 2. The molecule has 0 rings (SSSR count). The highest BCUT2D eigenvalue weighted by molar-refractivity contribution is 6.01. The lowest BCUT2D eigenvalue weighted by Gasteiger charge is -1.95. The van der Waals surface area contributed by atoms with Crippen LogP contribution in [0.5, 0.6) is 0 Å². The van der Waals surface area contributed by atoms with E-state index in [0.717, 1.165) is 12.2 Å². The average molecular weight is 189 g/mol. The third-order valence-corrected chi connectivity index (χ3v) is 0.819. The molecule has 72 valence electrons. The van der Waals surface area contributed by atoms with Crippen molar-refractivity contribution < 1.29 is 24.1 Å². The molecule has 0 aromatic heterocycles. The number of nitrogens with two attached hydrogens (primary N) is 2. The Morgan fingerprint density at radius 3 is 2.15 bits per heavy atom. The molecular weight excluding hydrogens is 182 g/mol. The predicted octanol–water partition coefficient (Wildman–Crippen LogP) is -1.91. The van der Waals surface area contributed by atoms with Crippen molar-refractivity contribution in [2.45, 2.75) is 0 Å². The highest BCUT2D eigenvalue weighted by Gasteiger charge is 2.04. The number of hydrogen-bond acceptors (Lipinski definition) is 7. The van der Waals surface area contributed by atoms with E-state index in [2.05, 4.69) is 21.5 Å². The van der Waals surface area contributed by atoms with E-state index in [-0.39, 0.29) is 0 Å². The van der Waals surface area contributed by atoms with Crippen LogP contribution in [0.25, 0.3) is 0 Å². The second-order valence-electron chi connectivity index (χ2n) is 1.66. The van der Waals surface area contributed by atoms with Gasteiger partial charge in [0.05, 0.1) is 0 Å². The van der Waals surface area contributed by atoms with E-state index in [1.165, 1.54) is 0 Å². The first kappa shape index (κ1) is 11.1. The minimum absolute atomic E-state index is 0.721. The third kappa shape index (κ3) is 5.35. The highest BCUT2D eigenvalue weighted by atomic mass is 16.7. The van der Waals surface area contributed by atoms with Crippen molar-refractivity contribution in [1.29, 1.82) is 0 Å². The molecule has 13 heavy (non-hydrogen) atoms. The summed E-state index contributed by atoms with van der Waals surface area (Å²) in [5.41, 5.74) is 0. The van der Waals surface area contributed by atoms with Crippen molar-refractivity contribution >= 4 is 18.0 Å². The van der Waals surface area contributed by atoms with E-state index in [4.69, 9.17) is 0 Å². The molecule has 0 heterocycles. The summed E-state index contributed by atoms with van der Waals surface area (Å²) in [6.07, 6.45) is 0.307. The number of carbonyl (C=O) groups excluding carboxylic acids is 3. The van der Waals surface area contributed by atoms with Gasteiger partial charge in [0.15, 0.2) is 0 Å². The molecule has 0 saturated heterocycles. The minimum Gasteiger partial charge on any atom is -0.370 e. The van der Waals surface area contributed by atoms with Gasteiger partial charge in [0, 0.05) is 12.2 Å². The molecule has 0 fully saturated rings. The Kier molecular flexibility index (Phi) is 4.84. The van der Waals surface area contributed by atoms with Crippen LogP contribution in [0, 0.1) is 0 Å². The van der Waals surface area contributed by atoms with E-state index in [1.54, 1.807) is 5.32 Å². The van der Waals surface area contributed by atoms with Crippen molar-refractivity contribution in [2.24, 2.45) is 11.8 Å². The van der Waals surface area contributed by atoms with Gasteiger partial charge in [0.2, 0.25) is 0 Å². The summed E-state index contributed by atoms with van der Waals surface area (Å²) in [5.74, 6) is 7.02. The molecule has 0 aliphatic heterocycles. The van der Waals surface area contributed by atoms with Gasteiger partial charge in [-0.15, -0.1) is 0 Å². The van der Waals surface area contributed by atoms with Gasteiger partial charge < -0.3 is 9.68 Å². The molecule has 2 amide bonds. The highest BCUT2D eigenvalue weighted by Crippen LogP contribution is 1.78. The number of amides is 2. The van der Waals surface area contributed by atoms with Crippen LogP contribution >= 0.6 is 0 Å². The Balaban J connectivity index is 3.94. The zero-order chi connectivity index (χ0) is 10.3. The van der Waals surface area contributed by atoms with Crippen LogP contribution in [-0.2, 0) is 19.3 Å². The summed E-state index contributed by atoms with van der Waals surface area (Å²) < 4.78 is 0. The fourth-order valence-electron chi connectivity index (χ4n) is 0.355. The zero-order valence-electron chi connectivity index (χ0n) is 6.35. The van der Waals surface area contributed by atoms with Crippen LogP contribution in [0.4, 0.5) is 4.79 Å². The van der Waals surface area contributed by atoms with Crippen LogP contribution in [0.2, 0.25) is 0 Å². The fourth-order valence-corrected chi connectivity index (χ4v) is 0.355. The van der Waals surface area contributed by atoms with Gasteiger partial charge in [-0.25, -0.2) is 9.59 Å². The van der Waals surface area contributed by atoms with Gasteiger partial charge in [-0.3, -0.25) is 10.1 Å². The normalized spacial score (nSPS) is 9.38. The van der Waals surface area contributed by atoms with Crippen molar-refractivity contribution in [3.05, 3.63) is 12.2 Å². The summed E-state index contributed by atoms with van der Waals surface area (Å²) in [6.45, 7) is 0. The summed E-state index contributed by atoms with van der Waals surface area (Å²) in [4.78, 5) is 38.5. The van der Waals surface area contributed by atoms with Crippen molar-refractivity contribution in [1.82, 2.24) is 5.32 Å². The molecule has 0 aliphatic rings. The molecule has 5 N–H and O–H groups in total.